The predicted molar refractivity (Wildman–Crippen MR) is 106 cm³/mol. The van der Waals surface area contributed by atoms with Crippen molar-refractivity contribution in [3.63, 3.8) is 0 Å². The van der Waals surface area contributed by atoms with E-state index in [1.54, 1.807) is 23.3 Å². The minimum Gasteiger partial charge on any atom is -1.00 e. The monoisotopic (exact) mass is 476 g/mol. The molecule has 136 valence electrons. The Morgan fingerprint density at radius 2 is 1.04 bits per heavy atom. The van der Waals surface area contributed by atoms with Gasteiger partial charge in [-0.2, -0.15) is 24.3 Å². The minimum atomic E-state index is 0. The molecule has 4 heteroatoms. The summed E-state index contributed by atoms with van der Waals surface area (Å²) >= 11 is 1.74. The fourth-order valence-electron chi connectivity index (χ4n) is 2.49. The van der Waals surface area contributed by atoms with E-state index >= 15 is 0 Å². The molecule has 0 saturated heterocycles. The van der Waals surface area contributed by atoms with E-state index in [-0.39, 0.29) is 30.2 Å². The van der Waals surface area contributed by atoms with Gasteiger partial charge in [0.2, 0.25) is 0 Å². The quantitative estimate of drug-likeness (QED) is 0.256. The fourth-order valence-corrected chi connectivity index (χ4v) is 2.49. The summed E-state index contributed by atoms with van der Waals surface area (Å²) in [7, 11) is 0. The summed E-state index contributed by atoms with van der Waals surface area (Å²) in [5, 5.41) is 5.37. The van der Waals surface area contributed by atoms with Gasteiger partial charge in [0.15, 0.2) is 0 Å². The number of halogens is 2. The number of rotatable bonds is 0. The van der Waals surface area contributed by atoms with Gasteiger partial charge in [-0.15, -0.1) is 57.9 Å². The normalized spacial score (nSPS) is 9.15. The van der Waals surface area contributed by atoms with Crippen molar-refractivity contribution < 1.29 is 48.1 Å². The molecule has 0 fully saturated rings. The Morgan fingerprint density at radius 3 is 1.38 bits per heavy atom. The molecule has 0 heterocycles. The van der Waals surface area contributed by atoms with Crippen LogP contribution in [-0.4, -0.2) is 5.43 Å². The van der Waals surface area contributed by atoms with Gasteiger partial charge >= 0.3 is 41.9 Å². The van der Waals surface area contributed by atoms with Gasteiger partial charge < -0.3 is 24.8 Å². The van der Waals surface area contributed by atoms with Crippen molar-refractivity contribution in [2.45, 2.75) is 26.9 Å². The second-order valence-electron chi connectivity index (χ2n) is 6.32. The molecule has 0 N–H and O–H groups in total. The Morgan fingerprint density at radius 1 is 0.692 bits per heavy atom. The van der Waals surface area contributed by atoms with E-state index in [1.807, 2.05) is 0 Å². The van der Waals surface area contributed by atoms with Crippen molar-refractivity contribution in [1.82, 2.24) is 0 Å². The maximum atomic E-state index is 2.31. The smallest absolute Gasteiger partial charge is 0.0486 e. The van der Waals surface area contributed by atoms with Crippen LogP contribution in [-0.2, 0) is 23.3 Å². The summed E-state index contributed by atoms with van der Waals surface area (Å²) in [4.78, 5) is 0. The second-order valence-corrected chi connectivity index (χ2v) is 15.7. The van der Waals surface area contributed by atoms with Gasteiger partial charge in [0.05, 0.1) is 0 Å². The molecule has 4 rings (SSSR count). The van der Waals surface area contributed by atoms with Gasteiger partial charge in [-0.05, 0) is 13.8 Å². The summed E-state index contributed by atoms with van der Waals surface area (Å²) in [6, 6.07) is 25.7. The van der Waals surface area contributed by atoms with Gasteiger partial charge in [0.25, 0.3) is 0 Å². The molecule has 0 bridgehead atoms. The zero-order chi connectivity index (χ0) is 17.5. The summed E-state index contributed by atoms with van der Waals surface area (Å²) in [5.74, 6) is 0. The van der Waals surface area contributed by atoms with E-state index in [9.17, 15) is 0 Å². The molecule has 0 amide bonds. The average Bonchev–Trinajstić information content (AvgIpc) is 3.14. The van der Waals surface area contributed by atoms with Crippen LogP contribution in [0.1, 0.15) is 11.1 Å². The summed E-state index contributed by atoms with van der Waals surface area (Å²) in [6.45, 7) is 8.85. The van der Waals surface area contributed by atoms with E-state index < -0.39 is 0 Å². The van der Waals surface area contributed by atoms with Gasteiger partial charge in [0.1, 0.15) is 0 Å². The third-order valence-electron chi connectivity index (χ3n) is 3.59. The second kappa shape index (κ2) is 12.7. The molecule has 0 radical (unpaired) electrons. The molecular formula is C22H24Cl2SiZr-2. The van der Waals surface area contributed by atoms with Crippen LogP contribution in [0.25, 0.3) is 21.5 Å². The Labute approximate surface area is 184 Å². The van der Waals surface area contributed by atoms with Crippen molar-refractivity contribution in [2.24, 2.45) is 0 Å². The summed E-state index contributed by atoms with van der Waals surface area (Å²) in [5.41, 5.74) is 2.87. The Bertz CT molecular complexity index is 861. The molecule has 26 heavy (non-hydrogen) atoms. The molecular weight excluding hydrogens is 454 g/mol. The van der Waals surface area contributed by atoms with Crippen LogP contribution in [0.15, 0.2) is 72.8 Å². The predicted octanol–water partition coefficient (Wildman–Crippen LogP) is 0.527. The Balaban J connectivity index is 0.000000378. The zero-order valence-electron chi connectivity index (χ0n) is 15.7. The third-order valence-corrected chi connectivity index (χ3v) is 3.59. The molecule has 0 aromatic heterocycles. The van der Waals surface area contributed by atoms with Crippen molar-refractivity contribution >= 4 is 27.0 Å². The van der Waals surface area contributed by atoms with E-state index in [0.717, 1.165) is 0 Å². The molecule has 0 aliphatic rings. The van der Waals surface area contributed by atoms with Gasteiger partial charge in [-0.1, -0.05) is 23.3 Å². The standard InChI is InChI=1S/2C10H9.C2H6Si.2ClH.Zr/c2*1-8-5-6-9-3-2-4-10(9)7-8;1-3-2;;;/h2*2-7H,1H3;1-2H3;2*1H;/q2*-1;;;;+2/p-2. The molecule has 0 nitrogen and oxygen atoms in total. The largest absolute Gasteiger partial charge is 1.00 e. The van der Waals surface area contributed by atoms with Crippen LogP contribution in [0.2, 0.25) is 13.1 Å². The SMILES string of the molecule is C[Si](C)=[Zr+2].Cc1ccc2cc[cH-]c2c1.Cc1ccc2cc[cH-]c2c1.[Cl-].[Cl-]. The maximum absolute atomic E-state index is 2.31. The van der Waals surface area contributed by atoms with Crippen LogP contribution in [0.3, 0.4) is 0 Å². The topological polar surface area (TPSA) is 0 Å². The van der Waals surface area contributed by atoms with Gasteiger partial charge in [0, 0.05) is 0 Å². The van der Waals surface area contributed by atoms with Crippen LogP contribution < -0.4 is 24.8 Å². The summed E-state index contributed by atoms with van der Waals surface area (Å²) in [6.07, 6.45) is 0. The first kappa shape index (κ1) is 25.3. The first-order valence-corrected chi connectivity index (χ1v) is 14.4. The number of hydrogen-bond acceptors (Lipinski definition) is 0. The van der Waals surface area contributed by atoms with E-state index in [0.29, 0.717) is 0 Å². The van der Waals surface area contributed by atoms with Gasteiger partial charge in [-0.25, -0.2) is 0 Å². The molecule has 0 unspecified atom stereocenters. The zero-order valence-corrected chi connectivity index (χ0v) is 20.7. The van der Waals surface area contributed by atoms with Crippen molar-refractivity contribution in [3.05, 3.63) is 83.9 Å². The Kier molecular flexibility index (Phi) is 12.4. The maximum Gasteiger partial charge on any atom is -0.0486 e. The molecule has 0 aliphatic heterocycles. The Hall–Kier alpha value is -0.660. The minimum absolute atomic E-state index is 0. The average molecular weight is 479 g/mol. The number of benzene rings is 2. The number of fused-ring (bicyclic) bond motifs is 2. The molecule has 0 aliphatic carbocycles. The van der Waals surface area contributed by atoms with Crippen LogP contribution in [0.5, 0.6) is 0 Å². The van der Waals surface area contributed by atoms with Crippen molar-refractivity contribution in [3.8, 4) is 0 Å². The van der Waals surface area contributed by atoms with Crippen LogP contribution in [0.4, 0.5) is 0 Å². The van der Waals surface area contributed by atoms with Crippen LogP contribution >= 0.6 is 0 Å². The molecule has 4 aromatic rings. The molecule has 4 aromatic carbocycles. The number of hydrogen-bond donors (Lipinski definition) is 0. The van der Waals surface area contributed by atoms with Crippen molar-refractivity contribution in [1.29, 1.82) is 0 Å². The number of aryl methyl sites for hydroxylation is 2. The van der Waals surface area contributed by atoms with E-state index in [1.165, 1.54) is 32.7 Å². The van der Waals surface area contributed by atoms with Gasteiger partial charge in [-0.3, -0.25) is 0 Å². The first-order chi connectivity index (χ1) is 11.5. The van der Waals surface area contributed by atoms with Crippen LogP contribution in [0, 0.1) is 13.8 Å². The molecule has 0 atom stereocenters. The molecule has 0 saturated carbocycles. The third kappa shape index (κ3) is 8.35. The van der Waals surface area contributed by atoms with Crippen molar-refractivity contribution in [2.75, 3.05) is 0 Å². The van der Waals surface area contributed by atoms with E-state index in [2.05, 4.69) is 99.7 Å². The first-order valence-electron chi connectivity index (χ1n) is 8.21. The fraction of sp³-hybridized carbons (Fsp3) is 0.182. The summed E-state index contributed by atoms with van der Waals surface area (Å²) < 4.78 is 0. The molecule has 0 spiro atoms. The van der Waals surface area contributed by atoms with E-state index in [4.69, 9.17) is 0 Å².